The Morgan fingerprint density at radius 2 is 1.04 bits per heavy atom. The van der Waals surface area contributed by atoms with E-state index in [9.17, 15) is 8.77 Å². The highest BCUT2D eigenvalue weighted by molar-refractivity contribution is 7.98. The van der Waals surface area contributed by atoms with Crippen LogP contribution in [0.15, 0.2) is 95.9 Å². The number of rotatable bonds is 5. The Kier molecular flexibility index (Phi) is 4.90. The van der Waals surface area contributed by atoms with Crippen molar-refractivity contribution >= 4 is 28.6 Å². The largest absolute Gasteiger partial charge is 0.313 e. The lowest BCUT2D eigenvalue weighted by molar-refractivity contribution is 0.589. The summed E-state index contributed by atoms with van der Waals surface area (Å²) in [6, 6.07) is 27.9. The molecule has 0 radical (unpaired) electrons. The molecule has 0 amide bonds. The van der Waals surface area contributed by atoms with Crippen LogP contribution < -0.4 is 10.6 Å². The van der Waals surface area contributed by atoms with E-state index < -0.39 is 17.9 Å². The topological polar surface area (TPSA) is 34.1 Å². The molecule has 0 fully saturated rings. The summed E-state index contributed by atoms with van der Waals surface area (Å²) >= 11 is 0. The van der Waals surface area contributed by atoms with Gasteiger partial charge in [-0.3, -0.25) is 4.21 Å². The zero-order valence-corrected chi connectivity index (χ0v) is 14.3. The van der Waals surface area contributed by atoms with E-state index in [-0.39, 0.29) is 5.49 Å². The Morgan fingerprint density at radius 1 is 0.652 bits per heavy atom. The van der Waals surface area contributed by atoms with E-state index in [0.29, 0.717) is 4.90 Å². The maximum absolute atomic E-state index is 13.8. The van der Waals surface area contributed by atoms with E-state index in [4.69, 9.17) is 0 Å². The first-order chi connectivity index (χ1) is 11.2. The van der Waals surface area contributed by atoms with Gasteiger partial charge in [0.15, 0.2) is 7.14 Å². The average molecular weight is 340 g/mol. The summed E-state index contributed by atoms with van der Waals surface area (Å²) in [5.41, 5.74) is 0.116. The molecule has 4 heteroatoms. The van der Waals surface area contributed by atoms with Crippen LogP contribution in [0.2, 0.25) is 0 Å². The molecule has 3 aromatic rings. The standard InChI is InChI=1S/C19H17O2PS/c20-22(17-10-4-1-5-11-17,18-12-6-2-7-13-18)16-23(21)19-14-8-3-9-15-19/h1-15H,16H2/t23-/m0/s1. The predicted octanol–water partition coefficient (Wildman–Crippen LogP) is 3.77. The van der Waals surface area contributed by atoms with Crippen molar-refractivity contribution in [2.45, 2.75) is 4.90 Å². The van der Waals surface area contributed by atoms with Crippen LogP contribution >= 0.6 is 7.14 Å². The Balaban J connectivity index is 2.04. The molecule has 2 nitrogen and oxygen atoms in total. The molecule has 0 saturated heterocycles. The van der Waals surface area contributed by atoms with Gasteiger partial charge in [0.1, 0.15) is 0 Å². The smallest absolute Gasteiger partial charge is 0.155 e. The molecule has 1 atom stereocenters. The molecule has 3 aromatic carbocycles. The minimum atomic E-state index is -2.95. The Hall–Kier alpha value is -1.96. The van der Waals surface area contributed by atoms with E-state index >= 15 is 0 Å². The highest BCUT2D eigenvalue weighted by Gasteiger charge is 2.29. The van der Waals surface area contributed by atoms with Gasteiger partial charge in [0.25, 0.3) is 0 Å². The maximum atomic E-state index is 13.8. The maximum Gasteiger partial charge on any atom is 0.155 e. The Labute approximate surface area is 139 Å². The van der Waals surface area contributed by atoms with Crippen LogP contribution in [-0.4, -0.2) is 9.70 Å². The van der Waals surface area contributed by atoms with Gasteiger partial charge in [-0.1, -0.05) is 78.9 Å². The molecular weight excluding hydrogens is 323 g/mol. The number of hydrogen-bond acceptors (Lipinski definition) is 2. The average Bonchev–Trinajstić information content (AvgIpc) is 2.64. The van der Waals surface area contributed by atoms with Gasteiger partial charge in [-0.25, -0.2) is 0 Å². The molecule has 3 rings (SSSR count). The van der Waals surface area contributed by atoms with Crippen molar-refractivity contribution in [3.63, 3.8) is 0 Å². The lowest BCUT2D eigenvalue weighted by atomic mass is 10.4. The molecule has 0 aliphatic carbocycles. The van der Waals surface area contributed by atoms with E-state index in [1.165, 1.54) is 0 Å². The van der Waals surface area contributed by atoms with E-state index in [1.54, 1.807) is 0 Å². The third-order valence-corrected chi connectivity index (χ3v) is 9.11. The first-order valence-corrected chi connectivity index (χ1v) is 10.5. The monoisotopic (exact) mass is 340 g/mol. The van der Waals surface area contributed by atoms with Crippen LogP contribution in [0.4, 0.5) is 0 Å². The summed E-state index contributed by atoms with van der Waals surface area (Å²) in [5, 5.41) is 1.49. The third kappa shape index (κ3) is 3.52. The number of hydrogen-bond donors (Lipinski definition) is 0. The molecular formula is C19H17O2PS. The van der Waals surface area contributed by atoms with E-state index in [1.807, 2.05) is 91.0 Å². The van der Waals surface area contributed by atoms with Crippen LogP contribution in [0.25, 0.3) is 0 Å². The minimum Gasteiger partial charge on any atom is -0.313 e. The summed E-state index contributed by atoms with van der Waals surface area (Å²) in [6.07, 6.45) is 0. The molecule has 0 aliphatic heterocycles. The molecule has 23 heavy (non-hydrogen) atoms. The zero-order chi connectivity index (χ0) is 16.1. The fourth-order valence-electron chi connectivity index (χ4n) is 2.45. The SMILES string of the molecule is O=[S@@](CP(=O)(c1ccccc1)c1ccccc1)c1ccccc1. The Bertz CT molecular complexity index is 790. The minimum absolute atomic E-state index is 0.116. The second-order valence-electron chi connectivity index (χ2n) is 5.20. The van der Waals surface area contributed by atoms with Crippen molar-refractivity contribution in [3.8, 4) is 0 Å². The van der Waals surface area contributed by atoms with Gasteiger partial charge in [0.2, 0.25) is 0 Å². The van der Waals surface area contributed by atoms with E-state index in [0.717, 1.165) is 10.6 Å². The molecule has 0 aromatic heterocycles. The fraction of sp³-hybridized carbons (Fsp3) is 0.0526. The first-order valence-electron chi connectivity index (χ1n) is 7.34. The molecule has 0 bridgehead atoms. The normalized spacial score (nSPS) is 12.7. The lowest BCUT2D eigenvalue weighted by Crippen LogP contribution is -2.20. The van der Waals surface area contributed by atoms with Crippen molar-refractivity contribution in [2.24, 2.45) is 0 Å². The van der Waals surface area contributed by atoms with Gasteiger partial charge >= 0.3 is 0 Å². The summed E-state index contributed by atoms with van der Waals surface area (Å²) in [7, 11) is -4.26. The van der Waals surface area contributed by atoms with Gasteiger partial charge in [0.05, 0.1) is 16.3 Å². The van der Waals surface area contributed by atoms with Gasteiger partial charge in [-0.15, -0.1) is 0 Å². The first kappa shape index (κ1) is 15.9. The van der Waals surface area contributed by atoms with Crippen LogP contribution in [0, 0.1) is 0 Å². The molecule has 0 spiro atoms. The van der Waals surface area contributed by atoms with Crippen LogP contribution in [-0.2, 0) is 15.4 Å². The van der Waals surface area contributed by atoms with Gasteiger partial charge in [-0.05, 0) is 12.1 Å². The van der Waals surface area contributed by atoms with Crippen LogP contribution in [0.1, 0.15) is 0 Å². The summed E-state index contributed by atoms with van der Waals surface area (Å²) < 4.78 is 26.6. The Morgan fingerprint density at radius 3 is 1.48 bits per heavy atom. The highest BCUT2D eigenvalue weighted by atomic mass is 32.2. The van der Waals surface area contributed by atoms with Crippen molar-refractivity contribution in [1.29, 1.82) is 0 Å². The fourth-order valence-corrected chi connectivity index (χ4v) is 7.62. The zero-order valence-electron chi connectivity index (χ0n) is 12.5. The predicted molar refractivity (Wildman–Crippen MR) is 97.5 cm³/mol. The van der Waals surface area contributed by atoms with Crippen molar-refractivity contribution in [3.05, 3.63) is 91.0 Å². The molecule has 0 unspecified atom stereocenters. The molecule has 0 heterocycles. The second-order valence-corrected chi connectivity index (χ2v) is 9.91. The number of benzene rings is 3. The quantitative estimate of drug-likeness (QED) is 0.663. The van der Waals surface area contributed by atoms with Crippen molar-refractivity contribution in [2.75, 3.05) is 5.49 Å². The van der Waals surface area contributed by atoms with Gasteiger partial charge in [0, 0.05) is 15.5 Å². The second kappa shape index (κ2) is 7.08. The summed E-state index contributed by atoms with van der Waals surface area (Å²) in [6.45, 7) is 0. The highest BCUT2D eigenvalue weighted by Crippen LogP contribution is 2.44. The van der Waals surface area contributed by atoms with E-state index in [2.05, 4.69) is 0 Å². The molecule has 0 saturated carbocycles. The summed E-state index contributed by atoms with van der Waals surface area (Å²) in [4.78, 5) is 0.708. The van der Waals surface area contributed by atoms with Crippen molar-refractivity contribution < 1.29 is 8.77 Å². The third-order valence-electron chi connectivity index (χ3n) is 3.65. The van der Waals surface area contributed by atoms with Crippen LogP contribution in [0.5, 0.6) is 0 Å². The molecule has 0 aliphatic rings. The van der Waals surface area contributed by atoms with Gasteiger partial charge in [-0.2, -0.15) is 0 Å². The molecule has 0 N–H and O–H groups in total. The van der Waals surface area contributed by atoms with Gasteiger partial charge < -0.3 is 4.57 Å². The lowest BCUT2D eigenvalue weighted by Gasteiger charge is -2.19. The van der Waals surface area contributed by atoms with Crippen molar-refractivity contribution in [1.82, 2.24) is 0 Å². The molecule has 116 valence electrons. The van der Waals surface area contributed by atoms with Crippen LogP contribution in [0.3, 0.4) is 0 Å². The summed E-state index contributed by atoms with van der Waals surface area (Å²) in [5.74, 6) is 0.